The number of rotatable bonds is 6. The summed E-state index contributed by atoms with van der Waals surface area (Å²) in [5, 5.41) is -0.370. The number of nitrogens with zero attached hydrogens (tertiary/aromatic N) is 1. The molecule has 116 valence electrons. The van der Waals surface area contributed by atoms with Gasteiger partial charge in [-0.1, -0.05) is 30.3 Å². The highest BCUT2D eigenvalue weighted by Gasteiger charge is 2.31. The fourth-order valence-electron chi connectivity index (χ4n) is 2.71. The Labute approximate surface area is 127 Å². The molecule has 2 rings (SSSR count). The van der Waals surface area contributed by atoms with Crippen molar-refractivity contribution in [2.45, 2.75) is 37.4 Å². The Morgan fingerprint density at radius 3 is 2.57 bits per heavy atom. The summed E-state index contributed by atoms with van der Waals surface area (Å²) < 4.78 is 23.0. The van der Waals surface area contributed by atoms with Crippen molar-refractivity contribution < 1.29 is 13.2 Å². The molecule has 4 nitrogen and oxygen atoms in total. The van der Waals surface area contributed by atoms with E-state index >= 15 is 0 Å². The molecule has 0 spiro atoms. The number of unbranched alkanes of at least 4 members (excludes halogenated alkanes) is 1. The molecular formula is C16H23NO3S. The van der Waals surface area contributed by atoms with Crippen molar-refractivity contribution in [2.75, 3.05) is 19.3 Å². The van der Waals surface area contributed by atoms with Crippen molar-refractivity contribution in [3.8, 4) is 0 Å². The molecule has 0 saturated carbocycles. The molecule has 0 aliphatic carbocycles. The Kier molecular flexibility index (Phi) is 5.39. The molecule has 0 bridgehead atoms. The van der Waals surface area contributed by atoms with Crippen molar-refractivity contribution >= 4 is 15.7 Å². The van der Waals surface area contributed by atoms with E-state index in [1.54, 1.807) is 4.90 Å². The molecule has 0 aromatic heterocycles. The highest BCUT2D eigenvalue weighted by atomic mass is 32.2. The van der Waals surface area contributed by atoms with Gasteiger partial charge in [0.2, 0.25) is 5.91 Å². The Balaban J connectivity index is 1.69. The van der Waals surface area contributed by atoms with Crippen LogP contribution in [0.25, 0.3) is 0 Å². The third kappa shape index (κ3) is 4.84. The minimum absolute atomic E-state index is 0.0919. The van der Waals surface area contributed by atoms with Crippen molar-refractivity contribution in [1.82, 2.24) is 4.90 Å². The second-order valence-electron chi connectivity index (χ2n) is 5.77. The van der Waals surface area contributed by atoms with Crippen molar-refractivity contribution in [1.29, 1.82) is 0 Å². The molecule has 1 heterocycles. The average Bonchev–Trinajstić information content (AvgIpc) is 2.94. The largest absolute Gasteiger partial charge is 0.341 e. The van der Waals surface area contributed by atoms with Crippen LogP contribution in [0.3, 0.4) is 0 Å². The number of likely N-dealkylation sites (tertiary alicyclic amines) is 1. The van der Waals surface area contributed by atoms with Gasteiger partial charge >= 0.3 is 0 Å². The molecule has 1 unspecified atom stereocenters. The summed E-state index contributed by atoms with van der Waals surface area (Å²) in [6, 6.07) is 10.2. The van der Waals surface area contributed by atoms with Crippen LogP contribution in [0.1, 0.15) is 31.2 Å². The van der Waals surface area contributed by atoms with Crippen molar-refractivity contribution in [2.24, 2.45) is 0 Å². The monoisotopic (exact) mass is 309 g/mol. The van der Waals surface area contributed by atoms with Crippen LogP contribution in [0, 0.1) is 0 Å². The minimum atomic E-state index is -3.02. The third-order valence-corrected chi connectivity index (χ3v) is 5.65. The summed E-state index contributed by atoms with van der Waals surface area (Å²) in [6.45, 7) is 0.950. The number of hydrogen-bond donors (Lipinski definition) is 0. The summed E-state index contributed by atoms with van der Waals surface area (Å²) in [7, 11) is -3.02. The van der Waals surface area contributed by atoms with Crippen LogP contribution in [0.2, 0.25) is 0 Å². The Bertz CT molecular complexity index is 568. The first kappa shape index (κ1) is 16.0. The molecule has 1 aromatic carbocycles. The lowest BCUT2D eigenvalue weighted by Gasteiger charge is -2.16. The number of carbonyl (C=O) groups excluding carboxylic acids is 1. The number of carbonyl (C=O) groups is 1. The van der Waals surface area contributed by atoms with Gasteiger partial charge in [-0.25, -0.2) is 8.42 Å². The SMILES string of the molecule is CS(=O)(=O)C1CCN(C(=O)CCCCc2ccccc2)C1. The van der Waals surface area contributed by atoms with Crippen LogP contribution < -0.4 is 0 Å². The zero-order valence-electron chi connectivity index (χ0n) is 12.5. The molecule has 0 radical (unpaired) electrons. The van der Waals surface area contributed by atoms with Crippen molar-refractivity contribution in [3.63, 3.8) is 0 Å². The van der Waals surface area contributed by atoms with Gasteiger partial charge in [-0.15, -0.1) is 0 Å². The first-order chi connectivity index (χ1) is 9.97. The predicted octanol–water partition coefficient (Wildman–Crippen LogP) is 2.04. The van der Waals surface area contributed by atoms with Gasteiger partial charge in [0.05, 0.1) is 5.25 Å². The topological polar surface area (TPSA) is 54.5 Å². The summed E-state index contributed by atoms with van der Waals surface area (Å²) >= 11 is 0. The fourth-order valence-corrected chi connectivity index (χ4v) is 3.70. The van der Waals surface area contributed by atoms with E-state index in [9.17, 15) is 13.2 Å². The Morgan fingerprint density at radius 2 is 1.95 bits per heavy atom. The van der Waals surface area contributed by atoms with E-state index < -0.39 is 9.84 Å². The molecule has 21 heavy (non-hydrogen) atoms. The maximum atomic E-state index is 12.1. The van der Waals surface area contributed by atoms with Crippen LogP contribution in [0.15, 0.2) is 30.3 Å². The Morgan fingerprint density at radius 1 is 1.24 bits per heavy atom. The zero-order valence-corrected chi connectivity index (χ0v) is 13.3. The number of sulfone groups is 1. The summed E-state index contributed by atoms with van der Waals surface area (Å²) in [5.74, 6) is 0.0919. The summed E-state index contributed by atoms with van der Waals surface area (Å²) in [5.41, 5.74) is 1.29. The molecular weight excluding hydrogens is 286 g/mol. The number of hydrogen-bond acceptors (Lipinski definition) is 3. The molecule has 1 fully saturated rings. The van der Waals surface area contributed by atoms with Crippen LogP contribution in [0.4, 0.5) is 0 Å². The van der Waals surface area contributed by atoms with Crippen LogP contribution >= 0.6 is 0 Å². The molecule has 1 atom stereocenters. The quantitative estimate of drug-likeness (QED) is 0.756. The van der Waals surface area contributed by atoms with Crippen LogP contribution in [-0.2, 0) is 21.1 Å². The lowest BCUT2D eigenvalue weighted by molar-refractivity contribution is -0.130. The maximum Gasteiger partial charge on any atom is 0.222 e. The first-order valence-electron chi connectivity index (χ1n) is 7.47. The molecule has 1 aliphatic rings. The third-order valence-electron chi connectivity index (χ3n) is 4.05. The van der Waals surface area contributed by atoms with Crippen LogP contribution in [0.5, 0.6) is 0 Å². The highest BCUT2D eigenvalue weighted by molar-refractivity contribution is 7.91. The van der Waals surface area contributed by atoms with E-state index in [4.69, 9.17) is 0 Å². The number of aryl methyl sites for hydroxylation is 1. The zero-order chi connectivity index (χ0) is 15.3. The lowest BCUT2D eigenvalue weighted by atomic mass is 10.1. The van der Waals surface area contributed by atoms with Gasteiger partial charge in [0.25, 0.3) is 0 Å². The van der Waals surface area contributed by atoms with E-state index in [0.29, 0.717) is 25.9 Å². The van der Waals surface area contributed by atoms with Gasteiger partial charge in [0.1, 0.15) is 0 Å². The normalized spacial score (nSPS) is 18.9. The molecule has 0 N–H and O–H groups in total. The van der Waals surface area contributed by atoms with Gasteiger partial charge in [-0.05, 0) is 31.2 Å². The second-order valence-corrected chi connectivity index (χ2v) is 8.10. The van der Waals surface area contributed by atoms with E-state index in [2.05, 4.69) is 12.1 Å². The molecule has 5 heteroatoms. The average molecular weight is 309 g/mol. The van der Waals surface area contributed by atoms with Crippen molar-refractivity contribution in [3.05, 3.63) is 35.9 Å². The number of benzene rings is 1. The standard InChI is InChI=1S/C16H23NO3S/c1-21(19,20)15-11-12-17(13-15)16(18)10-6-5-9-14-7-3-2-4-8-14/h2-4,7-8,15H,5-6,9-13H2,1H3. The predicted molar refractivity (Wildman–Crippen MR) is 83.8 cm³/mol. The maximum absolute atomic E-state index is 12.1. The summed E-state index contributed by atoms with van der Waals surface area (Å²) in [6.07, 6.45) is 5.18. The molecule has 1 amide bonds. The molecule has 1 aliphatic heterocycles. The van der Waals surface area contributed by atoms with E-state index in [1.165, 1.54) is 11.8 Å². The van der Waals surface area contributed by atoms with E-state index in [1.807, 2.05) is 18.2 Å². The molecule has 1 saturated heterocycles. The minimum Gasteiger partial charge on any atom is -0.341 e. The van der Waals surface area contributed by atoms with E-state index in [0.717, 1.165) is 19.3 Å². The smallest absolute Gasteiger partial charge is 0.222 e. The van der Waals surface area contributed by atoms with E-state index in [-0.39, 0.29) is 11.2 Å². The fraction of sp³-hybridized carbons (Fsp3) is 0.562. The van der Waals surface area contributed by atoms with Gasteiger partial charge in [-0.3, -0.25) is 4.79 Å². The van der Waals surface area contributed by atoms with Gasteiger partial charge in [0, 0.05) is 25.8 Å². The van der Waals surface area contributed by atoms with Crippen LogP contribution in [-0.4, -0.2) is 43.8 Å². The Hall–Kier alpha value is -1.36. The summed E-state index contributed by atoms with van der Waals surface area (Å²) in [4.78, 5) is 13.8. The first-order valence-corrected chi connectivity index (χ1v) is 9.43. The molecule has 1 aromatic rings. The van der Waals surface area contributed by atoms with Gasteiger partial charge in [0.15, 0.2) is 9.84 Å². The lowest BCUT2D eigenvalue weighted by Crippen LogP contribution is -2.31. The second kappa shape index (κ2) is 7.07. The van der Waals surface area contributed by atoms with Gasteiger partial charge < -0.3 is 4.90 Å². The number of amides is 1. The highest BCUT2D eigenvalue weighted by Crippen LogP contribution is 2.18. The van der Waals surface area contributed by atoms with Gasteiger partial charge in [-0.2, -0.15) is 0 Å².